The number of carbonyl (C=O) groups is 2. The Hall–Kier alpha value is 0.620. The zero-order valence-corrected chi connectivity index (χ0v) is 13.6. The minimum atomic E-state index is -1.92. The average molecular weight is 385 g/mol. The van der Waals surface area contributed by atoms with Crippen LogP contribution in [-0.2, 0) is 14.3 Å². The molecule has 0 N–H and O–H groups in total. The van der Waals surface area contributed by atoms with Gasteiger partial charge in [-0.3, -0.25) is 9.59 Å². The summed E-state index contributed by atoms with van der Waals surface area (Å²) in [7, 11) is 0. The van der Waals surface area contributed by atoms with Crippen molar-refractivity contribution in [2.45, 2.75) is 21.0 Å². The van der Waals surface area contributed by atoms with Crippen molar-refractivity contribution in [2.24, 2.45) is 11.3 Å². The molecular weight excluding hydrogens is 381 g/mol. The summed E-state index contributed by atoms with van der Waals surface area (Å²) in [6, 6.07) is 0. The highest BCUT2D eigenvalue weighted by molar-refractivity contribution is 6.67. The van der Waals surface area contributed by atoms with Gasteiger partial charge in [-0.1, -0.05) is 46.4 Å². The molecule has 3 nitrogen and oxygen atoms in total. The van der Waals surface area contributed by atoms with Crippen LogP contribution in [-0.4, -0.2) is 26.0 Å². The molecule has 2 aliphatic carbocycles. The van der Waals surface area contributed by atoms with Crippen molar-refractivity contribution < 1.29 is 14.3 Å². The lowest BCUT2D eigenvalue weighted by atomic mass is 9.70. The summed E-state index contributed by atoms with van der Waals surface area (Å²) in [5.74, 6) is -2.93. The number of carbonyl (C=O) groups excluding carboxylic acids is 2. The second-order valence-corrected chi connectivity index (χ2v) is 8.16. The first kappa shape index (κ1) is 14.6. The lowest BCUT2D eigenvalue weighted by Crippen LogP contribution is -2.51. The maximum atomic E-state index is 12.0. The molecule has 3 rings (SSSR count). The number of cyclic esters (lactones) is 2. The van der Waals surface area contributed by atoms with E-state index in [-0.39, 0.29) is 10.1 Å². The maximum Gasteiger partial charge on any atom is 0.322 e. The van der Waals surface area contributed by atoms with Crippen LogP contribution in [0, 0.1) is 11.3 Å². The first-order valence-electron chi connectivity index (χ1n) is 5.07. The van der Waals surface area contributed by atoms with Crippen molar-refractivity contribution in [3.8, 4) is 0 Å². The Morgan fingerprint density at radius 3 is 2.11 bits per heavy atom. The van der Waals surface area contributed by atoms with E-state index in [1.54, 1.807) is 0 Å². The van der Waals surface area contributed by atoms with Crippen molar-refractivity contribution in [3.63, 3.8) is 0 Å². The molecule has 0 aromatic rings. The van der Waals surface area contributed by atoms with E-state index in [9.17, 15) is 9.59 Å². The number of esters is 2. The predicted molar refractivity (Wildman–Crippen MR) is 73.0 cm³/mol. The fraction of sp³-hybridized carbons (Fsp3) is 0.600. The van der Waals surface area contributed by atoms with Crippen LogP contribution in [0.3, 0.4) is 0 Å². The van der Waals surface area contributed by atoms with Crippen LogP contribution in [0.25, 0.3) is 0 Å². The molecule has 1 saturated carbocycles. The van der Waals surface area contributed by atoms with Gasteiger partial charge in [0, 0.05) is 0 Å². The zero-order chi connectivity index (χ0) is 14.6. The van der Waals surface area contributed by atoms with Crippen LogP contribution >= 0.6 is 69.6 Å². The van der Waals surface area contributed by atoms with Gasteiger partial charge in [0.1, 0.15) is 21.1 Å². The van der Waals surface area contributed by atoms with Crippen molar-refractivity contribution >= 4 is 81.5 Å². The zero-order valence-electron chi connectivity index (χ0n) is 9.07. The van der Waals surface area contributed by atoms with Gasteiger partial charge in [0.05, 0.1) is 10.1 Å². The Balaban J connectivity index is 2.45. The van der Waals surface area contributed by atoms with E-state index in [1.807, 2.05) is 0 Å². The molecule has 0 aromatic carbocycles. The molecule has 3 aliphatic rings. The highest BCUT2D eigenvalue weighted by Crippen LogP contribution is 2.81. The van der Waals surface area contributed by atoms with Gasteiger partial charge in [0.25, 0.3) is 0 Å². The normalized spacial score (nSPS) is 50.8. The van der Waals surface area contributed by atoms with E-state index < -0.39 is 37.4 Å². The third kappa shape index (κ3) is 1.06. The molecule has 0 spiro atoms. The van der Waals surface area contributed by atoms with Gasteiger partial charge in [0.15, 0.2) is 4.33 Å². The van der Waals surface area contributed by atoms with Crippen LogP contribution in [0.5, 0.6) is 0 Å². The summed E-state index contributed by atoms with van der Waals surface area (Å²) >= 11 is 37.5. The van der Waals surface area contributed by atoms with Crippen LogP contribution in [0.4, 0.5) is 0 Å². The lowest BCUT2D eigenvalue weighted by molar-refractivity contribution is -0.155. The van der Waals surface area contributed by atoms with Gasteiger partial charge in [-0.25, -0.2) is 0 Å². The first-order valence-corrected chi connectivity index (χ1v) is 7.33. The second kappa shape index (κ2) is 3.50. The molecular formula is C10H4Cl6O3. The molecule has 4 atom stereocenters. The number of rotatable bonds is 0. The van der Waals surface area contributed by atoms with Gasteiger partial charge in [-0.2, -0.15) is 0 Å². The van der Waals surface area contributed by atoms with Gasteiger partial charge in [0.2, 0.25) is 0 Å². The smallest absolute Gasteiger partial charge is 0.322 e. The van der Waals surface area contributed by atoms with Crippen molar-refractivity contribution in [2.75, 3.05) is 0 Å². The number of allylic oxidation sites excluding steroid dienone is 2. The quantitative estimate of drug-likeness (QED) is 0.364. The summed E-state index contributed by atoms with van der Waals surface area (Å²) in [5, 5.41) is -0.272. The Bertz CT molecular complexity index is 582. The van der Waals surface area contributed by atoms with E-state index in [2.05, 4.69) is 4.74 Å². The minimum absolute atomic E-state index is 0.134. The first-order chi connectivity index (χ1) is 8.49. The SMILES string of the molecule is CC12C(=O)OC(=O)C1C1(Cl)C(Cl)=C(Cl)C2(Cl)C1(Cl)Cl. The summed E-state index contributed by atoms with van der Waals surface area (Å²) in [5.41, 5.74) is -1.58. The Morgan fingerprint density at radius 1 is 1.05 bits per heavy atom. The third-order valence-electron chi connectivity index (χ3n) is 4.25. The Labute approximate surface area is 138 Å². The summed E-state index contributed by atoms with van der Waals surface area (Å²) < 4.78 is 2.70. The molecule has 9 heteroatoms. The van der Waals surface area contributed by atoms with Crippen molar-refractivity contribution in [3.05, 3.63) is 10.1 Å². The van der Waals surface area contributed by atoms with Crippen LogP contribution < -0.4 is 0 Å². The molecule has 1 heterocycles. The fourth-order valence-electron chi connectivity index (χ4n) is 3.21. The van der Waals surface area contributed by atoms with E-state index in [0.717, 1.165) is 0 Å². The van der Waals surface area contributed by atoms with Crippen LogP contribution in [0.2, 0.25) is 0 Å². The topological polar surface area (TPSA) is 43.4 Å². The molecule has 1 aliphatic heterocycles. The second-order valence-electron chi connectivity index (χ2n) is 4.92. The number of hydrogen-bond donors (Lipinski definition) is 0. The third-order valence-corrected chi connectivity index (χ3v) is 8.60. The summed E-state index contributed by atoms with van der Waals surface area (Å²) in [6.45, 7) is 1.40. The number of ether oxygens (including phenoxy) is 1. The minimum Gasteiger partial charge on any atom is -0.392 e. The maximum absolute atomic E-state index is 12.0. The molecule has 2 fully saturated rings. The lowest BCUT2D eigenvalue weighted by Gasteiger charge is -2.37. The Kier molecular flexibility index (Phi) is 2.68. The number of fused-ring (bicyclic) bond motifs is 5. The highest BCUT2D eigenvalue weighted by atomic mass is 35.5. The van der Waals surface area contributed by atoms with Crippen molar-refractivity contribution in [1.82, 2.24) is 0 Å². The van der Waals surface area contributed by atoms with E-state index in [0.29, 0.717) is 0 Å². The standard InChI is InChI=1S/C10H4Cl6O3/c1-7-2(5(17)19-6(7)18)8(13)3(11)4(12)9(7,14)10(8,15)16/h2H,1H3. The van der Waals surface area contributed by atoms with E-state index >= 15 is 0 Å². The van der Waals surface area contributed by atoms with E-state index in [1.165, 1.54) is 6.92 Å². The molecule has 104 valence electrons. The van der Waals surface area contributed by atoms with Crippen LogP contribution in [0.1, 0.15) is 6.92 Å². The summed E-state index contributed by atoms with van der Waals surface area (Å²) in [6.07, 6.45) is 0. The predicted octanol–water partition coefficient (Wildman–Crippen LogP) is 3.54. The van der Waals surface area contributed by atoms with Gasteiger partial charge < -0.3 is 4.74 Å². The molecule has 19 heavy (non-hydrogen) atoms. The monoisotopic (exact) mass is 382 g/mol. The van der Waals surface area contributed by atoms with Crippen molar-refractivity contribution in [1.29, 1.82) is 0 Å². The molecule has 0 amide bonds. The van der Waals surface area contributed by atoms with E-state index in [4.69, 9.17) is 69.6 Å². The highest BCUT2D eigenvalue weighted by Gasteiger charge is 2.92. The largest absolute Gasteiger partial charge is 0.392 e. The molecule has 2 bridgehead atoms. The number of hydrogen-bond acceptors (Lipinski definition) is 3. The molecule has 0 radical (unpaired) electrons. The Morgan fingerprint density at radius 2 is 1.58 bits per heavy atom. The fourth-order valence-corrected chi connectivity index (χ4v) is 6.39. The molecule has 1 saturated heterocycles. The molecule has 4 unspecified atom stereocenters. The van der Waals surface area contributed by atoms with Crippen LogP contribution in [0.15, 0.2) is 10.1 Å². The summed E-state index contributed by atoms with van der Waals surface area (Å²) in [4.78, 5) is 20.3. The van der Waals surface area contributed by atoms with Gasteiger partial charge in [-0.05, 0) is 6.92 Å². The average Bonchev–Trinajstić information content (AvgIpc) is 2.64. The van der Waals surface area contributed by atoms with Gasteiger partial charge in [-0.15, -0.1) is 23.2 Å². The van der Waals surface area contributed by atoms with Gasteiger partial charge >= 0.3 is 11.9 Å². The number of halogens is 6. The molecule has 0 aromatic heterocycles. The number of alkyl halides is 4.